The first-order valence-corrected chi connectivity index (χ1v) is 11.4. The lowest BCUT2D eigenvalue weighted by atomic mass is 9.99. The van der Waals surface area contributed by atoms with E-state index >= 15 is 0 Å². The number of pyridine rings is 1. The number of nitrogens with one attached hydrogen (secondary N) is 2. The number of hydrogen-bond donors (Lipinski definition) is 2. The Morgan fingerprint density at radius 2 is 2.11 bits per heavy atom. The highest BCUT2D eigenvalue weighted by atomic mass is 127. The van der Waals surface area contributed by atoms with Crippen LogP contribution in [0.1, 0.15) is 52.0 Å². The third-order valence-electron chi connectivity index (χ3n) is 5.61. The smallest absolute Gasteiger partial charge is 0.191 e. The van der Waals surface area contributed by atoms with Gasteiger partial charge < -0.3 is 15.5 Å². The number of thioether (sulfide) groups is 1. The van der Waals surface area contributed by atoms with Crippen LogP contribution >= 0.6 is 35.7 Å². The molecule has 0 saturated carbocycles. The first-order chi connectivity index (χ1) is 13.1. The van der Waals surface area contributed by atoms with Crippen LogP contribution in [-0.2, 0) is 6.54 Å². The molecule has 2 fully saturated rings. The molecule has 5 nitrogen and oxygen atoms in total. The molecule has 2 aliphatic heterocycles. The van der Waals surface area contributed by atoms with Crippen molar-refractivity contribution in [3.8, 4) is 0 Å². The third-order valence-corrected chi connectivity index (χ3v) is 7.15. The summed E-state index contributed by atoms with van der Waals surface area (Å²) in [5.41, 5.74) is 1.16. The molecular formula is C21H36IN5S. The van der Waals surface area contributed by atoms with Gasteiger partial charge in [-0.2, -0.15) is 11.8 Å². The van der Waals surface area contributed by atoms with Crippen LogP contribution in [0.2, 0.25) is 0 Å². The zero-order chi connectivity index (χ0) is 19.1. The summed E-state index contributed by atoms with van der Waals surface area (Å²) in [5.74, 6) is 4.13. The highest BCUT2D eigenvalue weighted by Gasteiger charge is 2.29. The van der Waals surface area contributed by atoms with Crippen molar-refractivity contribution >= 4 is 47.5 Å². The van der Waals surface area contributed by atoms with Gasteiger partial charge in [0.05, 0.1) is 6.54 Å². The fourth-order valence-corrected chi connectivity index (χ4v) is 4.94. The van der Waals surface area contributed by atoms with Gasteiger partial charge in [-0.1, -0.05) is 13.0 Å². The van der Waals surface area contributed by atoms with Gasteiger partial charge in [-0.05, 0) is 62.8 Å². The van der Waals surface area contributed by atoms with Gasteiger partial charge in [-0.3, -0.25) is 0 Å². The fourth-order valence-electron chi connectivity index (χ4n) is 3.69. The zero-order valence-corrected chi connectivity index (χ0v) is 20.7. The van der Waals surface area contributed by atoms with Crippen LogP contribution < -0.4 is 15.5 Å². The Morgan fingerprint density at radius 3 is 2.71 bits per heavy atom. The van der Waals surface area contributed by atoms with Crippen molar-refractivity contribution in [1.82, 2.24) is 15.6 Å². The maximum absolute atomic E-state index is 4.76. The summed E-state index contributed by atoms with van der Waals surface area (Å²) in [4.78, 5) is 11.8. The van der Waals surface area contributed by atoms with Crippen molar-refractivity contribution in [1.29, 1.82) is 0 Å². The number of hydrogen-bond acceptors (Lipinski definition) is 4. The number of piperidine rings is 1. The number of nitrogens with zero attached hydrogens (tertiary/aromatic N) is 3. The normalized spacial score (nSPS) is 23.4. The highest BCUT2D eigenvalue weighted by molar-refractivity contribution is 14.0. The molecule has 0 aromatic carbocycles. The molecule has 2 aliphatic rings. The minimum Gasteiger partial charge on any atom is -0.357 e. The molecule has 1 unspecified atom stereocenters. The van der Waals surface area contributed by atoms with Gasteiger partial charge in [-0.15, -0.1) is 24.0 Å². The molecule has 0 bridgehead atoms. The Kier molecular flexibility index (Phi) is 9.66. The average molecular weight is 518 g/mol. The van der Waals surface area contributed by atoms with E-state index in [0.29, 0.717) is 11.3 Å². The highest BCUT2D eigenvalue weighted by Crippen LogP contribution is 2.36. The molecular weight excluding hydrogens is 481 g/mol. The summed E-state index contributed by atoms with van der Waals surface area (Å²) in [6.07, 6.45) is 7.12. The van der Waals surface area contributed by atoms with E-state index in [2.05, 4.69) is 65.2 Å². The SMILES string of the molecule is CCNC(=NCc1ccc(N2CCC(C)CC2)nc1)NCC1(C)CCCS1.I. The standard InChI is InChI=1S/C21H35N5S.HI/c1-4-22-20(25-16-21(3)10-5-13-27-21)24-15-18-6-7-19(23-14-18)26-11-8-17(2)9-12-26;/h6-7,14,17H,4-5,8-13,15-16H2,1-3H3,(H2,22,24,25);1H. The van der Waals surface area contributed by atoms with E-state index in [1.165, 1.54) is 31.4 Å². The first kappa shape index (κ1) is 23.6. The van der Waals surface area contributed by atoms with Crippen molar-refractivity contribution in [3.05, 3.63) is 23.9 Å². The molecule has 1 aromatic heterocycles. The molecule has 0 aliphatic carbocycles. The Balaban J connectivity index is 0.00000280. The van der Waals surface area contributed by atoms with E-state index in [1.807, 2.05) is 6.20 Å². The van der Waals surface area contributed by atoms with E-state index in [-0.39, 0.29) is 24.0 Å². The molecule has 3 rings (SSSR count). The lowest BCUT2D eigenvalue weighted by Crippen LogP contribution is -2.43. The predicted octanol–water partition coefficient (Wildman–Crippen LogP) is 4.28. The number of guanidine groups is 1. The number of rotatable bonds is 6. The molecule has 1 aromatic rings. The quantitative estimate of drug-likeness (QED) is 0.335. The third kappa shape index (κ3) is 6.97. The second-order valence-electron chi connectivity index (χ2n) is 8.14. The molecule has 7 heteroatoms. The number of anilines is 1. The van der Waals surface area contributed by atoms with E-state index in [9.17, 15) is 0 Å². The van der Waals surface area contributed by atoms with Crippen LogP contribution in [0.3, 0.4) is 0 Å². The van der Waals surface area contributed by atoms with Crippen LogP contribution in [0.15, 0.2) is 23.3 Å². The summed E-state index contributed by atoms with van der Waals surface area (Å²) in [6, 6.07) is 4.32. The lowest BCUT2D eigenvalue weighted by Gasteiger charge is -2.31. The van der Waals surface area contributed by atoms with Gasteiger partial charge in [0.25, 0.3) is 0 Å². The minimum absolute atomic E-state index is 0. The Morgan fingerprint density at radius 1 is 1.32 bits per heavy atom. The summed E-state index contributed by atoms with van der Waals surface area (Å²) >= 11 is 2.07. The molecule has 28 heavy (non-hydrogen) atoms. The van der Waals surface area contributed by atoms with Gasteiger partial charge in [0.1, 0.15) is 5.82 Å². The average Bonchev–Trinajstić information content (AvgIpc) is 3.12. The van der Waals surface area contributed by atoms with Gasteiger partial charge in [-0.25, -0.2) is 9.98 Å². The Labute approximate surface area is 192 Å². The molecule has 0 amide bonds. The summed E-state index contributed by atoms with van der Waals surface area (Å²) in [7, 11) is 0. The van der Waals surface area contributed by atoms with E-state index in [1.54, 1.807) is 0 Å². The van der Waals surface area contributed by atoms with Crippen LogP contribution in [0.4, 0.5) is 5.82 Å². The van der Waals surface area contributed by atoms with Crippen molar-refractivity contribution in [3.63, 3.8) is 0 Å². The Hall–Kier alpha value is -0.700. The minimum atomic E-state index is 0. The van der Waals surface area contributed by atoms with Crippen molar-refractivity contribution in [2.24, 2.45) is 10.9 Å². The molecule has 0 radical (unpaired) electrons. The first-order valence-electron chi connectivity index (χ1n) is 10.4. The monoisotopic (exact) mass is 517 g/mol. The van der Waals surface area contributed by atoms with E-state index in [4.69, 9.17) is 4.99 Å². The van der Waals surface area contributed by atoms with E-state index < -0.39 is 0 Å². The second-order valence-corrected chi connectivity index (χ2v) is 9.83. The second kappa shape index (κ2) is 11.5. The van der Waals surface area contributed by atoms with Crippen LogP contribution in [-0.4, -0.2) is 47.6 Å². The van der Waals surface area contributed by atoms with Crippen LogP contribution in [0.5, 0.6) is 0 Å². The molecule has 2 saturated heterocycles. The van der Waals surface area contributed by atoms with Gasteiger partial charge in [0.15, 0.2) is 5.96 Å². The summed E-state index contributed by atoms with van der Waals surface area (Å²) in [5, 5.41) is 6.89. The topological polar surface area (TPSA) is 52.6 Å². The molecule has 1 atom stereocenters. The maximum atomic E-state index is 4.76. The largest absolute Gasteiger partial charge is 0.357 e. The lowest BCUT2D eigenvalue weighted by molar-refractivity contribution is 0.436. The van der Waals surface area contributed by atoms with Crippen LogP contribution in [0, 0.1) is 5.92 Å². The van der Waals surface area contributed by atoms with E-state index in [0.717, 1.165) is 49.4 Å². The van der Waals surface area contributed by atoms with Crippen molar-refractivity contribution < 1.29 is 0 Å². The van der Waals surface area contributed by atoms with Gasteiger partial charge in [0.2, 0.25) is 0 Å². The molecule has 0 spiro atoms. The Bertz CT molecular complexity index is 608. The van der Waals surface area contributed by atoms with Gasteiger partial charge >= 0.3 is 0 Å². The zero-order valence-electron chi connectivity index (χ0n) is 17.5. The number of aromatic nitrogens is 1. The van der Waals surface area contributed by atoms with Crippen molar-refractivity contribution in [2.45, 2.75) is 57.7 Å². The summed E-state index contributed by atoms with van der Waals surface area (Å²) in [6.45, 7) is 11.5. The van der Waals surface area contributed by atoms with Crippen molar-refractivity contribution in [2.75, 3.05) is 36.8 Å². The number of aliphatic imine (C=N–C) groups is 1. The predicted molar refractivity (Wildman–Crippen MR) is 133 cm³/mol. The molecule has 3 heterocycles. The molecule has 158 valence electrons. The number of halogens is 1. The summed E-state index contributed by atoms with van der Waals surface area (Å²) < 4.78 is 0.339. The fraction of sp³-hybridized carbons (Fsp3) is 0.714. The maximum Gasteiger partial charge on any atom is 0.191 e. The van der Waals surface area contributed by atoms with Gasteiger partial charge in [0, 0.05) is 37.1 Å². The molecule has 2 N–H and O–H groups in total. The van der Waals surface area contributed by atoms with Crippen LogP contribution in [0.25, 0.3) is 0 Å².